The van der Waals surface area contributed by atoms with Gasteiger partial charge in [-0.05, 0) is 55.3 Å². The first-order valence-electron chi connectivity index (χ1n) is 9.50. The van der Waals surface area contributed by atoms with Crippen LogP contribution in [0.1, 0.15) is 23.2 Å². The minimum absolute atomic E-state index is 0.0374. The maximum Gasteiger partial charge on any atom is 0.573 e. The highest BCUT2D eigenvalue weighted by atomic mass is 32.2. The SMILES string of the molecule is COc1ccc(C(=O)OCC(=O)Nc2ccc(OC(F)(F)F)cc2)cc1S(=O)(=O)NC1CC1. The molecule has 2 aromatic rings. The van der Waals surface area contributed by atoms with E-state index in [0.29, 0.717) is 0 Å². The number of hydrogen-bond donors (Lipinski definition) is 2. The molecular formula is C20H19F3N2O7S. The van der Waals surface area contributed by atoms with Crippen molar-refractivity contribution in [2.75, 3.05) is 19.0 Å². The molecule has 0 atom stereocenters. The van der Waals surface area contributed by atoms with Gasteiger partial charge in [0.2, 0.25) is 10.0 Å². The van der Waals surface area contributed by atoms with Crippen molar-refractivity contribution in [2.24, 2.45) is 0 Å². The largest absolute Gasteiger partial charge is 0.573 e. The van der Waals surface area contributed by atoms with Gasteiger partial charge >= 0.3 is 12.3 Å². The monoisotopic (exact) mass is 488 g/mol. The van der Waals surface area contributed by atoms with Crippen LogP contribution in [0.25, 0.3) is 0 Å². The molecule has 1 saturated carbocycles. The first kappa shape index (κ1) is 24.3. The summed E-state index contributed by atoms with van der Waals surface area (Å²) in [6, 6.07) is 7.87. The van der Waals surface area contributed by atoms with Gasteiger partial charge in [0.1, 0.15) is 16.4 Å². The number of methoxy groups -OCH3 is 1. The Balaban J connectivity index is 1.60. The zero-order valence-corrected chi connectivity index (χ0v) is 18.0. The lowest BCUT2D eigenvalue weighted by molar-refractivity contribution is -0.274. The number of anilines is 1. The van der Waals surface area contributed by atoms with Gasteiger partial charge in [0, 0.05) is 11.7 Å². The fourth-order valence-electron chi connectivity index (χ4n) is 2.65. The topological polar surface area (TPSA) is 120 Å². The van der Waals surface area contributed by atoms with E-state index in [0.717, 1.165) is 31.0 Å². The number of amides is 1. The third kappa shape index (κ3) is 7.08. The highest BCUT2D eigenvalue weighted by molar-refractivity contribution is 7.89. The molecule has 3 rings (SSSR count). The number of carbonyl (C=O) groups is 2. The fraction of sp³-hybridized carbons (Fsp3) is 0.300. The zero-order valence-electron chi connectivity index (χ0n) is 17.1. The molecule has 0 aromatic heterocycles. The summed E-state index contributed by atoms with van der Waals surface area (Å²) < 4.78 is 77.8. The van der Waals surface area contributed by atoms with Crippen molar-refractivity contribution in [1.82, 2.24) is 4.72 Å². The van der Waals surface area contributed by atoms with E-state index in [2.05, 4.69) is 14.8 Å². The van der Waals surface area contributed by atoms with Crippen molar-refractivity contribution in [2.45, 2.75) is 30.1 Å². The predicted molar refractivity (Wildman–Crippen MR) is 108 cm³/mol. The average molecular weight is 488 g/mol. The number of benzene rings is 2. The number of esters is 1. The molecule has 1 aliphatic carbocycles. The lowest BCUT2D eigenvalue weighted by atomic mass is 10.2. The van der Waals surface area contributed by atoms with Gasteiger partial charge in [-0.2, -0.15) is 0 Å². The first-order valence-corrected chi connectivity index (χ1v) is 11.0. The molecule has 13 heteroatoms. The van der Waals surface area contributed by atoms with Crippen molar-refractivity contribution in [3.63, 3.8) is 0 Å². The van der Waals surface area contributed by atoms with Crippen LogP contribution in [0.3, 0.4) is 0 Å². The van der Waals surface area contributed by atoms with Crippen molar-refractivity contribution in [3.05, 3.63) is 48.0 Å². The number of ether oxygens (including phenoxy) is 3. The Morgan fingerprint density at radius 3 is 2.33 bits per heavy atom. The Morgan fingerprint density at radius 2 is 1.76 bits per heavy atom. The molecule has 1 amide bonds. The lowest BCUT2D eigenvalue weighted by Gasteiger charge is -2.12. The molecule has 0 bridgehead atoms. The number of hydrogen-bond acceptors (Lipinski definition) is 7. The second-order valence-corrected chi connectivity index (χ2v) is 8.64. The summed E-state index contributed by atoms with van der Waals surface area (Å²) in [5.41, 5.74) is 0.0305. The van der Waals surface area contributed by atoms with Crippen molar-refractivity contribution < 1.29 is 45.4 Å². The van der Waals surface area contributed by atoms with E-state index in [9.17, 15) is 31.2 Å². The normalized spacial score (nSPS) is 13.8. The van der Waals surface area contributed by atoms with Crippen LogP contribution >= 0.6 is 0 Å². The molecular weight excluding hydrogens is 469 g/mol. The number of rotatable bonds is 9. The zero-order chi connectivity index (χ0) is 24.2. The van der Waals surface area contributed by atoms with E-state index in [1.54, 1.807) is 0 Å². The van der Waals surface area contributed by atoms with E-state index < -0.39 is 40.6 Å². The summed E-state index contributed by atoms with van der Waals surface area (Å²) in [6.07, 6.45) is -3.40. The van der Waals surface area contributed by atoms with Crippen molar-refractivity contribution in [3.8, 4) is 11.5 Å². The summed E-state index contributed by atoms with van der Waals surface area (Å²) in [7, 11) is -2.64. The Hall–Kier alpha value is -3.32. The molecule has 2 N–H and O–H groups in total. The van der Waals surface area contributed by atoms with Crippen LogP contribution in [-0.4, -0.2) is 46.4 Å². The van der Waals surface area contributed by atoms with E-state index in [1.165, 1.54) is 31.4 Å². The molecule has 0 spiro atoms. The maximum atomic E-state index is 12.5. The molecule has 1 fully saturated rings. The van der Waals surface area contributed by atoms with Gasteiger partial charge in [-0.1, -0.05) is 0 Å². The summed E-state index contributed by atoms with van der Waals surface area (Å²) >= 11 is 0. The Bertz CT molecular complexity index is 1130. The molecule has 1 aliphatic rings. The standard InChI is InChI=1S/C20H19F3N2O7S/c1-30-16-9-2-12(10-17(16)33(28,29)25-14-3-4-14)19(27)31-11-18(26)24-13-5-7-15(8-6-13)32-20(21,22)23/h2,5-10,14,25H,3-4,11H2,1H3,(H,24,26). The van der Waals surface area contributed by atoms with Crippen LogP contribution in [0, 0.1) is 0 Å². The van der Waals surface area contributed by atoms with E-state index >= 15 is 0 Å². The molecule has 0 saturated heterocycles. The molecule has 0 heterocycles. The number of sulfonamides is 1. The minimum atomic E-state index is -4.84. The van der Waals surface area contributed by atoms with Crippen LogP contribution in [0.5, 0.6) is 11.5 Å². The number of nitrogens with one attached hydrogen (secondary N) is 2. The van der Waals surface area contributed by atoms with Gasteiger partial charge in [0.25, 0.3) is 5.91 Å². The Labute approximate surface area is 186 Å². The van der Waals surface area contributed by atoms with Gasteiger partial charge < -0.3 is 19.5 Å². The Morgan fingerprint density at radius 1 is 1.09 bits per heavy atom. The molecule has 0 radical (unpaired) electrons. The summed E-state index contributed by atoms with van der Waals surface area (Å²) in [4.78, 5) is 24.1. The predicted octanol–water partition coefficient (Wildman–Crippen LogP) is 2.83. The highest BCUT2D eigenvalue weighted by Gasteiger charge is 2.31. The van der Waals surface area contributed by atoms with E-state index in [4.69, 9.17) is 9.47 Å². The number of halogens is 3. The summed E-state index contributed by atoms with van der Waals surface area (Å²) in [6.45, 7) is -0.714. The molecule has 0 aliphatic heterocycles. The molecule has 33 heavy (non-hydrogen) atoms. The summed E-state index contributed by atoms with van der Waals surface area (Å²) in [5, 5.41) is 2.34. The Kier molecular flexibility index (Phi) is 7.12. The lowest BCUT2D eigenvalue weighted by Crippen LogP contribution is -2.26. The second-order valence-electron chi connectivity index (χ2n) is 6.96. The molecule has 2 aromatic carbocycles. The van der Waals surface area contributed by atoms with Crippen molar-refractivity contribution >= 4 is 27.6 Å². The van der Waals surface area contributed by atoms with Crippen LogP contribution in [0.15, 0.2) is 47.4 Å². The molecule has 178 valence electrons. The molecule has 0 unspecified atom stereocenters. The minimum Gasteiger partial charge on any atom is -0.495 e. The second kappa shape index (κ2) is 9.67. The van der Waals surface area contributed by atoms with Crippen LogP contribution in [0.4, 0.5) is 18.9 Å². The maximum absolute atomic E-state index is 12.5. The highest BCUT2D eigenvalue weighted by Crippen LogP contribution is 2.28. The third-order valence-corrected chi connectivity index (χ3v) is 5.84. The number of carbonyl (C=O) groups excluding carboxylic acids is 2. The average Bonchev–Trinajstić information content (AvgIpc) is 3.55. The quantitative estimate of drug-likeness (QED) is 0.521. The van der Waals surface area contributed by atoms with Gasteiger partial charge in [-0.25, -0.2) is 17.9 Å². The smallest absolute Gasteiger partial charge is 0.495 e. The summed E-state index contributed by atoms with van der Waals surface area (Å²) in [5.74, 6) is -2.14. The van der Waals surface area contributed by atoms with Gasteiger partial charge in [0.05, 0.1) is 12.7 Å². The van der Waals surface area contributed by atoms with Gasteiger partial charge in [0.15, 0.2) is 6.61 Å². The van der Waals surface area contributed by atoms with Gasteiger partial charge in [-0.15, -0.1) is 13.2 Å². The fourth-order valence-corrected chi connectivity index (χ4v) is 4.15. The van der Waals surface area contributed by atoms with Gasteiger partial charge in [-0.3, -0.25) is 4.79 Å². The van der Waals surface area contributed by atoms with Crippen LogP contribution in [0.2, 0.25) is 0 Å². The van der Waals surface area contributed by atoms with E-state index in [-0.39, 0.29) is 27.9 Å². The van der Waals surface area contributed by atoms with E-state index in [1.807, 2.05) is 0 Å². The van der Waals surface area contributed by atoms with Crippen LogP contribution in [-0.2, 0) is 19.6 Å². The van der Waals surface area contributed by atoms with Crippen LogP contribution < -0.4 is 19.5 Å². The third-order valence-electron chi connectivity index (χ3n) is 4.29. The van der Waals surface area contributed by atoms with Crippen molar-refractivity contribution in [1.29, 1.82) is 0 Å². The first-order chi connectivity index (χ1) is 15.5. The number of alkyl halides is 3. The molecule has 9 nitrogen and oxygen atoms in total.